The van der Waals surface area contributed by atoms with Crippen LogP contribution in [0.25, 0.3) is 0 Å². The largest absolute Gasteiger partial charge is 0.530 e. The summed E-state index contributed by atoms with van der Waals surface area (Å²) in [5, 5.41) is 0. The average Bonchev–Trinajstić information content (AvgIpc) is 2.83. The predicted octanol–water partition coefficient (Wildman–Crippen LogP) is 2.68. The molecule has 0 N–H and O–H groups in total. The number of carbonyl (C=O) groups excluding carboxylic acids is 2. The van der Waals surface area contributed by atoms with E-state index >= 15 is 0 Å². The fourth-order valence-corrected chi connectivity index (χ4v) is 3.65. The van der Waals surface area contributed by atoms with Crippen LogP contribution in [0.2, 0.25) is 0 Å². The quantitative estimate of drug-likeness (QED) is 0.623. The first-order chi connectivity index (χ1) is 10.8. The third kappa shape index (κ3) is 3.37. The molecule has 1 fully saturated rings. The van der Waals surface area contributed by atoms with Crippen LogP contribution in [0.3, 0.4) is 0 Å². The third-order valence-corrected chi connectivity index (χ3v) is 4.67. The van der Waals surface area contributed by atoms with Gasteiger partial charge in [0.15, 0.2) is 0 Å². The highest BCUT2D eigenvalue weighted by Gasteiger charge is 2.39. The third-order valence-electron chi connectivity index (χ3n) is 3.35. The zero-order valence-corrected chi connectivity index (χ0v) is 13.6. The molecule has 1 aromatic rings. The minimum Gasteiger partial charge on any atom is -0.404 e. The Hall–Kier alpha value is -1.95. The van der Waals surface area contributed by atoms with Gasteiger partial charge in [0.25, 0.3) is 11.8 Å². The molecule has 0 unspecified atom stereocenters. The van der Waals surface area contributed by atoms with Crippen LogP contribution in [-0.2, 0) is 23.2 Å². The lowest BCUT2D eigenvalue weighted by molar-refractivity contribution is -0.119. The molecule has 0 aliphatic carbocycles. The minimum atomic E-state index is -3.64. The Bertz CT molecular complexity index is 692. The van der Waals surface area contributed by atoms with Gasteiger partial charge in [0.1, 0.15) is 5.75 Å². The van der Waals surface area contributed by atoms with Crippen molar-refractivity contribution in [1.82, 2.24) is 0 Å². The zero-order chi connectivity index (χ0) is 16.7. The summed E-state index contributed by atoms with van der Waals surface area (Å²) in [5.41, 5.74) is 0.187. The van der Waals surface area contributed by atoms with Crippen molar-refractivity contribution in [2.75, 3.05) is 18.1 Å². The van der Waals surface area contributed by atoms with E-state index in [1.807, 2.05) is 13.8 Å². The maximum atomic E-state index is 12.3. The van der Waals surface area contributed by atoms with Gasteiger partial charge in [0.05, 0.1) is 18.9 Å². The number of hydrogen-bond donors (Lipinski definition) is 0. The molecular formula is C15H16NO6P. The van der Waals surface area contributed by atoms with Gasteiger partial charge in [0.2, 0.25) is 0 Å². The van der Waals surface area contributed by atoms with Gasteiger partial charge >= 0.3 is 7.82 Å². The predicted molar refractivity (Wildman–Crippen MR) is 82.0 cm³/mol. The molecule has 2 aliphatic heterocycles. The SMILES string of the molecule is CC1(C)COP(=O)(Oc2ccc(N3C(=O)C=CC3=O)cc2)OC1. The molecule has 0 saturated carbocycles. The summed E-state index contributed by atoms with van der Waals surface area (Å²) in [6.07, 6.45) is 2.41. The van der Waals surface area contributed by atoms with E-state index in [-0.39, 0.29) is 24.4 Å². The Labute approximate surface area is 133 Å². The second-order valence-electron chi connectivity index (χ2n) is 6.09. The molecule has 2 aliphatic rings. The number of rotatable bonds is 3. The van der Waals surface area contributed by atoms with E-state index in [1.54, 1.807) is 0 Å². The smallest absolute Gasteiger partial charge is 0.404 e. The van der Waals surface area contributed by atoms with Crippen LogP contribution in [0.4, 0.5) is 5.69 Å². The number of benzene rings is 1. The van der Waals surface area contributed by atoms with Crippen LogP contribution in [0.15, 0.2) is 36.4 Å². The number of anilines is 1. The molecule has 1 saturated heterocycles. The van der Waals surface area contributed by atoms with Crippen molar-refractivity contribution in [1.29, 1.82) is 0 Å². The molecule has 0 radical (unpaired) electrons. The van der Waals surface area contributed by atoms with E-state index in [4.69, 9.17) is 13.6 Å². The van der Waals surface area contributed by atoms with Crippen molar-refractivity contribution < 1.29 is 27.7 Å². The summed E-state index contributed by atoms with van der Waals surface area (Å²) < 4.78 is 28.1. The summed E-state index contributed by atoms with van der Waals surface area (Å²) in [5.74, 6) is -0.542. The zero-order valence-electron chi connectivity index (χ0n) is 12.7. The van der Waals surface area contributed by atoms with Gasteiger partial charge in [-0.2, -0.15) is 0 Å². The molecule has 2 heterocycles. The van der Waals surface area contributed by atoms with Crippen molar-refractivity contribution in [3.63, 3.8) is 0 Å². The number of hydrogen-bond acceptors (Lipinski definition) is 6. The molecule has 0 spiro atoms. The Morgan fingerprint density at radius 1 is 1.04 bits per heavy atom. The normalized spacial score (nSPS) is 22.4. The number of imide groups is 1. The van der Waals surface area contributed by atoms with Crippen LogP contribution < -0.4 is 9.42 Å². The van der Waals surface area contributed by atoms with Crippen LogP contribution in [0, 0.1) is 5.41 Å². The second-order valence-corrected chi connectivity index (χ2v) is 7.68. The van der Waals surface area contributed by atoms with E-state index in [0.717, 1.165) is 4.90 Å². The van der Waals surface area contributed by atoms with E-state index in [2.05, 4.69) is 0 Å². The lowest BCUT2D eigenvalue weighted by atomic mass is 9.97. The van der Waals surface area contributed by atoms with Crippen molar-refractivity contribution in [2.45, 2.75) is 13.8 Å². The number of phosphoric acid groups is 1. The number of phosphoric ester groups is 1. The maximum Gasteiger partial charge on any atom is 0.530 e. The van der Waals surface area contributed by atoms with Gasteiger partial charge in [-0.3, -0.25) is 18.6 Å². The highest BCUT2D eigenvalue weighted by Crippen LogP contribution is 2.54. The number of nitrogens with zero attached hydrogens (tertiary/aromatic N) is 1. The summed E-state index contributed by atoms with van der Waals surface area (Å²) >= 11 is 0. The lowest BCUT2D eigenvalue weighted by Crippen LogP contribution is -2.30. The van der Waals surface area contributed by atoms with Crippen molar-refractivity contribution in [3.05, 3.63) is 36.4 Å². The van der Waals surface area contributed by atoms with Gasteiger partial charge in [-0.05, 0) is 24.3 Å². The molecule has 0 atom stereocenters. The Balaban J connectivity index is 1.70. The molecule has 0 bridgehead atoms. The van der Waals surface area contributed by atoms with Crippen LogP contribution in [0.5, 0.6) is 5.75 Å². The first-order valence-corrected chi connectivity index (χ1v) is 8.49. The summed E-state index contributed by atoms with van der Waals surface area (Å²) in [6, 6.07) is 6.05. The van der Waals surface area contributed by atoms with Crippen molar-refractivity contribution in [3.8, 4) is 5.75 Å². The topological polar surface area (TPSA) is 82.1 Å². The van der Waals surface area contributed by atoms with Gasteiger partial charge in [0, 0.05) is 17.6 Å². The Morgan fingerprint density at radius 2 is 1.57 bits per heavy atom. The molecule has 0 aromatic heterocycles. The van der Waals surface area contributed by atoms with Crippen LogP contribution in [-0.4, -0.2) is 25.0 Å². The molecular weight excluding hydrogens is 321 g/mol. The van der Waals surface area contributed by atoms with Crippen LogP contribution in [0.1, 0.15) is 13.8 Å². The van der Waals surface area contributed by atoms with Crippen LogP contribution >= 0.6 is 7.82 Å². The van der Waals surface area contributed by atoms with Crippen molar-refractivity contribution in [2.24, 2.45) is 5.41 Å². The van der Waals surface area contributed by atoms with Gasteiger partial charge in [-0.25, -0.2) is 9.46 Å². The average molecular weight is 337 g/mol. The Kier molecular flexibility index (Phi) is 3.88. The molecule has 3 rings (SSSR count). The standard InChI is InChI=1S/C15H16NO6P/c1-15(2)9-20-23(19,21-10-15)22-12-5-3-11(4-6-12)16-13(17)7-8-14(16)18/h3-8H,9-10H2,1-2H3. The molecule has 23 heavy (non-hydrogen) atoms. The second kappa shape index (κ2) is 5.60. The minimum absolute atomic E-state index is 0.218. The highest BCUT2D eigenvalue weighted by atomic mass is 31.2. The highest BCUT2D eigenvalue weighted by molar-refractivity contribution is 7.49. The monoisotopic (exact) mass is 337 g/mol. The van der Waals surface area contributed by atoms with Gasteiger partial charge in [-0.1, -0.05) is 13.8 Å². The van der Waals surface area contributed by atoms with E-state index in [1.165, 1.54) is 36.4 Å². The molecule has 8 heteroatoms. The molecule has 2 amide bonds. The molecule has 1 aromatic carbocycles. The fraction of sp³-hybridized carbons (Fsp3) is 0.333. The van der Waals surface area contributed by atoms with E-state index in [0.29, 0.717) is 5.69 Å². The van der Waals surface area contributed by atoms with Crippen molar-refractivity contribution >= 4 is 25.3 Å². The van der Waals surface area contributed by atoms with Gasteiger partial charge in [-0.15, -0.1) is 0 Å². The first kappa shape index (κ1) is 15.9. The number of carbonyl (C=O) groups is 2. The first-order valence-electron chi connectivity index (χ1n) is 7.03. The number of amides is 2. The molecule has 122 valence electrons. The Morgan fingerprint density at radius 3 is 2.09 bits per heavy atom. The summed E-state index contributed by atoms with van der Waals surface area (Å²) in [7, 11) is -3.64. The summed E-state index contributed by atoms with van der Waals surface area (Å²) in [6.45, 7) is 4.41. The van der Waals surface area contributed by atoms with Gasteiger partial charge < -0.3 is 4.52 Å². The lowest BCUT2D eigenvalue weighted by Gasteiger charge is -2.32. The van der Waals surface area contributed by atoms with E-state index in [9.17, 15) is 14.2 Å². The molecule has 7 nitrogen and oxygen atoms in total. The summed E-state index contributed by atoms with van der Waals surface area (Å²) in [4.78, 5) is 24.2. The maximum absolute atomic E-state index is 12.3. The fourth-order valence-electron chi connectivity index (χ4n) is 2.08. The van der Waals surface area contributed by atoms with E-state index < -0.39 is 19.6 Å².